The summed E-state index contributed by atoms with van der Waals surface area (Å²) in [6.45, 7) is 1.60. The molecule has 0 fully saturated rings. The Morgan fingerprint density at radius 2 is 2.25 bits per heavy atom. The van der Waals surface area contributed by atoms with Crippen LogP contribution in [0.3, 0.4) is 0 Å². The predicted octanol–water partition coefficient (Wildman–Crippen LogP) is 3.59. The van der Waals surface area contributed by atoms with E-state index in [9.17, 15) is 4.79 Å². The Morgan fingerprint density at radius 1 is 1.38 bits per heavy atom. The summed E-state index contributed by atoms with van der Waals surface area (Å²) in [5, 5.41) is 0.973. The summed E-state index contributed by atoms with van der Waals surface area (Å²) in [6, 6.07) is 5.66. The van der Waals surface area contributed by atoms with Gasteiger partial charge >= 0.3 is 0 Å². The van der Waals surface area contributed by atoms with E-state index in [1.165, 1.54) is 0 Å². The average molecular weight is 212 g/mol. The van der Waals surface area contributed by atoms with E-state index in [-0.39, 0.29) is 5.78 Å². The normalized spacial score (nSPS) is 14.1. The van der Waals surface area contributed by atoms with E-state index in [0.717, 1.165) is 40.7 Å². The highest BCUT2D eigenvalue weighted by Crippen LogP contribution is 2.33. The highest BCUT2D eigenvalue weighted by Gasteiger charge is 2.18. The number of hydrogen-bond acceptors (Lipinski definition) is 2. The minimum atomic E-state index is 0.0909. The maximum absolute atomic E-state index is 11.6. The summed E-state index contributed by atoms with van der Waals surface area (Å²) >= 11 is 0. The second-order valence-electron chi connectivity index (χ2n) is 4.11. The van der Waals surface area contributed by atoms with Crippen LogP contribution in [0, 0.1) is 0 Å². The molecule has 1 aromatic heterocycles. The van der Waals surface area contributed by atoms with Gasteiger partial charge in [0.25, 0.3) is 0 Å². The Labute approximate surface area is 93.6 Å². The number of Topliss-reactive ketones (excluding diaryl/α,β-unsaturated/α-hetero) is 1. The number of furan rings is 1. The van der Waals surface area contributed by atoms with Crippen molar-refractivity contribution in [1.29, 1.82) is 0 Å². The number of allylic oxidation sites excluding steroid dienone is 1. The summed E-state index contributed by atoms with van der Waals surface area (Å²) < 4.78 is 5.78. The zero-order valence-electron chi connectivity index (χ0n) is 9.12. The van der Waals surface area contributed by atoms with Crippen molar-refractivity contribution >= 4 is 22.8 Å². The van der Waals surface area contributed by atoms with Gasteiger partial charge < -0.3 is 4.42 Å². The van der Waals surface area contributed by atoms with Crippen LogP contribution >= 0.6 is 0 Å². The molecule has 1 aliphatic rings. The molecular weight excluding hydrogens is 200 g/mol. The lowest BCUT2D eigenvalue weighted by Crippen LogP contribution is -1.94. The Bertz CT molecular complexity index is 602. The molecule has 0 aliphatic heterocycles. The molecule has 0 bridgehead atoms. The van der Waals surface area contributed by atoms with Crippen molar-refractivity contribution in [2.75, 3.05) is 0 Å². The van der Waals surface area contributed by atoms with E-state index in [4.69, 9.17) is 4.42 Å². The van der Waals surface area contributed by atoms with Crippen LogP contribution in [-0.2, 0) is 6.42 Å². The van der Waals surface area contributed by atoms with Gasteiger partial charge in [-0.15, -0.1) is 0 Å². The molecule has 2 aromatic rings. The van der Waals surface area contributed by atoms with Gasteiger partial charge in [0.05, 0.1) is 0 Å². The number of ketones is 1. The molecule has 80 valence electrons. The first kappa shape index (κ1) is 9.40. The fourth-order valence-corrected chi connectivity index (χ4v) is 2.29. The molecule has 0 saturated heterocycles. The molecule has 2 nitrogen and oxygen atoms in total. The zero-order chi connectivity index (χ0) is 11.1. The summed E-state index contributed by atoms with van der Waals surface area (Å²) in [4.78, 5) is 11.6. The van der Waals surface area contributed by atoms with Gasteiger partial charge in [0.2, 0.25) is 0 Å². The number of aryl methyl sites for hydroxylation is 1. The van der Waals surface area contributed by atoms with Gasteiger partial charge in [0.1, 0.15) is 11.3 Å². The molecule has 3 rings (SSSR count). The van der Waals surface area contributed by atoms with Crippen LogP contribution in [0.1, 0.15) is 35.0 Å². The SMILES string of the molecule is CC(=O)c1cccc2oc3c(c12)C=CCC3. The van der Waals surface area contributed by atoms with Crippen molar-refractivity contribution in [2.24, 2.45) is 0 Å². The number of carbonyl (C=O) groups excluding carboxylic acids is 1. The van der Waals surface area contributed by atoms with Crippen LogP contribution in [-0.4, -0.2) is 5.78 Å². The van der Waals surface area contributed by atoms with Gasteiger partial charge in [0.15, 0.2) is 5.78 Å². The molecule has 0 amide bonds. The van der Waals surface area contributed by atoms with E-state index in [2.05, 4.69) is 12.2 Å². The molecule has 0 atom stereocenters. The Morgan fingerprint density at radius 3 is 3.06 bits per heavy atom. The maximum Gasteiger partial charge on any atom is 0.160 e. The number of benzene rings is 1. The van der Waals surface area contributed by atoms with E-state index in [1.54, 1.807) is 6.92 Å². The molecule has 16 heavy (non-hydrogen) atoms. The fraction of sp³-hybridized carbons (Fsp3) is 0.214. The standard InChI is InChI=1S/C14H12O2/c1-9(15)10-6-4-8-13-14(10)11-5-2-3-7-12(11)16-13/h2,4-6,8H,3,7H2,1H3. The highest BCUT2D eigenvalue weighted by atomic mass is 16.3. The van der Waals surface area contributed by atoms with Gasteiger partial charge in [-0.2, -0.15) is 0 Å². The second-order valence-corrected chi connectivity index (χ2v) is 4.11. The predicted molar refractivity (Wildman–Crippen MR) is 63.6 cm³/mol. The van der Waals surface area contributed by atoms with Crippen molar-refractivity contribution in [3.63, 3.8) is 0 Å². The first-order chi connectivity index (χ1) is 7.77. The summed E-state index contributed by atoms with van der Waals surface area (Å²) in [7, 11) is 0. The third-order valence-electron chi connectivity index (χ3n) is 3.03. The van der Waals surface area contributed by atoms with Gasteiger partial charge in [-0.25, -0.2) is 0 Å². The fourth-order valence-electron chi connectivity index (χ4n) is 2.29. The minimum absolute atomic E-state index is 0.0909. The van der Waals surface area contributed by atoms with Crippen molar-refractivity contribution in [3.8, 4) is 0 Å². The summed E-state index contributed by atoms with van der Waals surface area (Å²) in [6.07, 6.45) is 6.14. The van der Waals surface area contributed by atoms with Gasteiger partial charge in [-0.3, -0.25) is 4.79 Å². The van der Waals surface area contributed by atoms with Gasteiger partial charge in [0, 0.05) is 22.9 Å². The quantitative estimate of drug-likeness (QED) is 0.676. The van der Waals surface area contributed by atoms with Crippen molar-refractivity contribution in [1.82, 2.24) is 0 Å². The molecule has 0 radical (unpaired) electrons. The second kappa shape index (κ2) is 3.34. The molecule has 0 spiro atoms. The maximum atomic E-state index is 11.6. The van der Waals surface area contributed by atoms with E-state index in [1.807, 2.05) is 18.2 Å². The van der Waals surface area contributed by atoms with Crippen molar-refractivity contribution in [3.05, 3.63) is 41.2 Å². The first-order valence-electron chi connectivity index (χ1n) is 5.49. The largest absolute Gasteiger partial charge is 0.460 e. The van der Waals surface area contributed by atoms with Crippen LogP contribution in [0.2, 0.25) is 0 Å². The third-order valence-corrected chi connectivity index (χ3v) is 3.03. The first-order valence-corrected chi connectivity index (χ1v) is 5.49. The Kier molecular flexibility index (Phi) is 1.96. The summed E-state index contributed by atoms with van der Waals surface area (Å²) in [5.74, 6) is 1.10. The van der Waals surface area contributed by atoms with Crippen LogP contribution < -0.4 is 0 Å². The van der Waals surface area contributed by atoms with E-state index in [0.29, 0.717) is 0 Å². The van der Waals surface area contributed by atoms with Gasteiger partial charge in [-0.05, 0) is 19.4 Å². The molecule has 0 saturated carbocycles. The number of carbonyl (C=O) groups is 1. The summed E-state index contributed by atoms with van der Waals surface area (Å²) in [5.41, 5.74) is 2.67. The number of rotatable bonds is 1. The van der Waals surface area contributed by atoms with Crippen molar-refractivity contribution in [2.45, 2.75) is 19.8 Å². The number of fused-ring (bicyclic) bond motifs is 3. The van der Waals surface area contributed by atoms with Gasteiger partial charge in [-0.1, -0.05) is 24.3 Å². The molecule has 1 aliphatic carbocycles. The number of hydrogen-bond donors (Lipinski definition) is 0. The van der Waals surface area contributed by atoms with Crippen LogP contribution in [0.5, 0.6) is 0 Å². The van der Waals surface area contributed by atoms with Crippen LogP contribution in [0.4, 0.5) is 0 Å². The lowest BCUT2D eigenvalue weighted by Gasteiger charge is -2.03. The lowest BCUT2D eigenvalue weighted by molar-refractivity contribution is 0.101. The Balaban J connectivity index is 2.42. The van der Waals surface area contributed by atoms with Crippen molar-refractivity contribution < 1.29 is 9.21 Å². The highest BCUT2D eigenvalue weighted by molar-refractivity contribution is 6.09. The molecule has 2 heteroatoms. The molecule has 1 heterocycles. The molecular formula is C14H12O2. The van der Waals surface area contributed by atoms with E-state index < -0.39 is 0 Å². The molecule has 1 aromatic carbocycles. The minimum Gasteiger partial charge on any atom is -0.460 e. The Hall–Kier alpha value is -1.83. The zero-order valence-corrected chi connectivity index (χ0v) is 9.12. The lowest BCUT2D eigenvalue weighted by atomic mass is 9.98. The average Bonchev–Trinajstić information content (AvgIpc) is 2.66. The van der Waals surface area contributed by atoms with E-state index >= 15 is 0 Å². The monoisotopic (exact) mass is 212 g/mol. The van der Waals surface area contributed by atoms with Crippen LogP contribution in [0.25, 0.3) is 17.0 Å². The van der Waals surface area contributed by atoms with Crippen LogP contribution in [0.15, 0.2) is 28.7 Å². The topological polar surface area (TPSA) is 30.2 Å². The third kappa shape index (κ3) is 1.23. The smallest absolute Gasteiger partial charge is 0.160 e. The molecule has 0 unspecified atom stereocenters. The molecule has 0 N–H and O–H groups in total.